The molecule has 2 aromatic rings. The predicted octanol–water partition coefficient (Wildman–Crippen LogP) is 3.67. The number of rotatable bonds is 7. The SMILES string of the molecule is CCNC(=NCC(=O)N1CCc2ccccc2C1)Nc1ccc(OCC)c(OC)c1.I. The highest BCUT2D eigenvalue weighted by Crippen LogP contribution is 2.30. The van der Waals surface area contributed by atoms with E-state index in [9.17, 15) is 4.79 Å². The summed E-state index contributed by atoms with van der Waals surface area (Å²) in [7, 11) is 1.61. The number of anilines is 1. The molecule has 0 saturated carbocycles. The van der Waals surface area contributed by atoms with Gasteiger partial charge in [-0.25, -0.2) is 4.99 Å². The summed E-state index contributed by atoms with van der Waals surface area (Å²) < 4.78 is 11.0. The Kier molecular flexibility index (Phi) is 9.90. The number of ether oxygens (including phenoxy) is 2. The van der Waals surface area contributed by atoms with E-state index in [1.54, 1.807) is 7.11 Å². The zero-order valence-corrected chi connectivity index (χ0v) is 20.6. The van der Waals surface area contributed by atoms with Crippen LogP contribution in [0.1, 0.15) is 25.0 Å². The van der Waals surface area contributed by atoms with Crippen molar-refractivity contribution in [2.24, 2.45) is 4.99 Å². The highest BCUT2D eigenvalue weighted by molar-refractivity contribution is 14.0. The number of carbonyl (C=O) groups excluding carboxylic acids is 1. The van der Waals surface area contributed by atoms with E-state index in [4.69, 9.17) is 9.47 Å². The number of halogens is 1. The highest BCUT2D eigenvalue weighted by atomic mass is 127. The van der Waals surface area contributed by atoms with Gasteiger partial charge in [-0.05, 0) is 43.5 Å². The van der Waals surface area contributed by atoms with Gasteiger partial charge >= 0.3 is 0 Å². The Balaban J connectivity index is 0.00000341. The lowest BCUT2D eigenvalue weighted by Crippen LogP contribution is -2.38. The number of benzene rings is 2. The van der Waals surface area contributed by atoms with Crippen LogP contribution >= 0.6 is 24.0 Å². The molecular weight excluding hydrogens is 507 g/mol. The number of aliphatic imine (C=N–C) groups is 1. The molecule has 1 aliphatic rings. The fourth-order valence-corrected chi connectivity index (χ4v) is 3.42. The standard InChI is InChI=1S/C23H30N4O3.HI/c1-4-24-23(26-19-10-11-20(30-5-2)21(14-19)29-3)25-15-22(28)27-13-12-17-8-6-7-9-18(17)16-27;/h6-11,14H,4-5,12-13,15-16H2,1-3H3,(H2,24,25,26);1H. The van der Waals surface area contributed by atoms with Gasteiger partial charge < -0.3 is 25.0 Å². The second kappa shape index (κ2) is 12.4. The van der Waals surface area contributed by atoms with Crippen LogP contribution < -0.4 is 20.1 Å². The molecular formula is C23H31IN4O3. The molecule has 1 heterocycles. The summed E-state index contributed by atoms with van der Waals surface area (Å²) in [5.74, 6) is 1.90. The van der Waals surface area contributed by atoms with Crippen LogP contribution in [0.5, 0.6) is 11.5 Å². The first kappa shape index (κ1) is 24.8. The second-order valence-electron chi connectivity index (χ2n) is 6.95. The number of amides is 1. The Morgan fingerprint density at radius 2 is 1.90 bits per heavy atom. The normalized spacial score (nSPS) is 13.0. The maximum Gasteiger partial charge on any atom is 0.244 e. The van der Waals surface area contributed by atoms with Crippen LogP contribution in [0.3, 0.4) is 0 Å². The van der Waals surface area contributed by atoms with Crippen molar-refractivity contribution in [3.63, 3.8) is 0 Å². The van der Waals surface area contributed by atoms with Crippen molar-refractivity contribution in [3.05, 3.63) is 53.6 Å². The number of fused-ring (bicyclic) bond motifs is 1. The van der Waals surface area contributed by atoms with Gasteiger partial charge in [0.2, 0.25) is 5.91 Å². The van der Waals surface area contributed by atoms with Crippen LogP contribution in [0, 0.1) is 0 Å². The van der Waals surface area contributed by atoms with Crippen molar-refractivity contribution in [3.8, 4) is 11.5 Å². The Bertz CT molecular complexity index is 904. The molecule has 2 aromatic carbocycles. The molecule has 8 heteroatoms. The largest absolute Gasteiger partial charge is 0.493 e. The average molecular weight is 538 g/mol. The maximum atomic E-state index is 12.7. The van der Waals surface area contributed by atoms with Crippen LogP contribution in [0.25, 0.3) is 0 Å². The zero-order chi connectivity index (χ0) is 21.3. The van der Waals surface area contributed by atoms with Gasteiger partial charge in [-0.1, -0.05) is 24.3 Å². The molecule has 0 aromatic heterocycles. The minimum Gasteiger partial charge on any atom is -0.493 e. The highest BCUT2D eigenvalue weighted by Gasteiger charge is 2.20. The van der Waals surface area contributed by atoms with E-state index in [1.807, 2.05) is 49.1 Å². The van der Waals surface area contributed by atoms with Crippen LogP contribution in [-0.4, -0.2) is 50.1 Å². The Morgan fingerprint density at radius 3 is 2.61 bits per heavy atom. The van der Waals surface area contributed by atoms with Crippen molar-refractivity contribution in [2.45, 2.75) is 26.8 Å². The van der Waals surface area contributed by atoms with Gasteiger partial charge in [0.05, 0.1) is 13.7 Å². The van der Waals surface area contributed by atoms with Crippen LogP contribution in [0.2, 0.25) is 0 Å². The number of hydrogen-bond acceptors (Lipinski definition) is 4. The van der Waals surface area contributed by atoms with Crippen LogP contribution in [0.4, 0.5) is 5.69 Å². The number of hydrogen-bond donors (Lipinski definition) is 2. The molecule has 1 aliphatic heterocycles. The quantitative estimate of drug-likeness (QED) is 0.320. The fraction of sp³-hybridized carbons (Fsp3) is 0.391. The minimum absolute atomic E-state index is 0. The Hall–Kier alpha value is -2.49. The Labute approximate surface area is 201 Å². The van der Waals surface area contributed by atoms with Gasteiger partial charge in [-0.3, -0.25) is 4.79 Å². The van der Waals surface area contributed by atoms with Crippen molar-refractivity contribution >= 4 is 41.5 Å². The fourth-order valence-electron chi connectivity index (χ4n) is 3.42. The van der Waals surface area contributed by atoms with E-state index < -0.39 is 0 Å². The molecule has 2 N–H and O–H groups in total. The average Bonchev–Trinajstić information content (AvgIpc) is 2.78. The number of nitrogens with one attached hydrogen (secondary N) is 2. The molecule has 7 nitrogen and oxygen atoms in total. The first-order valence-electron chi connectivity index (χ1n) is 10.3. The van der Waals surface area contributed by atoms with E-state index in [2.05, 4.69) is 27.8 Å². The molecule has 31 heavy (non-hydrogen) atoms. The number of guanidine groups is 1. The number of carbonyl (C=O) groups is 1. The van der Waals surface area contributed by atoms with Gasteiger partial charge in [0.1, 0.15) is 6.54 Å². The molecule has 0 spiro atoms. The molecule has 0 atom stereocenters. The van der Waals surface area contributed by atoms with E-state index in [0.717, 1.165) is 18.7 Å². The summed E-state index contributed by atoms with van der Waals surface area (Å²) in [4.78, 5) is 19.1. The summed E-state index contributed by atoms with van der Waals surface area (Å²) >= 11 is 0. The lowest BCUT2D eigenvalue weighted by Gasteiger charge is -2.28. The first-order chi connectivity index (χ1) is 14.6. The molecule has 168 valence electrons. The number of nitrogens with zero attached hydrogens (tertiary/aromatic N) is 2. The van der Waals surface area contributed by atoms with Crippen molar-refractivity contribution in [2.75, 3.05) is 38.7 Å². The maximum absolute atomic E-state index is 12.7. The third-order valence-electron chi connectivity index (χ3n) is 4.93. The summed E-state index contributed by atoms with van der Waals surface area (Å²) in [5.41, 5.74) is 3.34. The molecule has 0 saturated heterocycles. The lowest BCUT2D eigenvalue weighted by molar-refractivity contribution is -0.130. The van der Waals surface area contributed by atoms with E-state index in [1.165, 1.54) is 11.1 Å². The van der Waals surface area contributed by atoms with Crippen molar-refractivity contribution < 1.29 is 14.3 Å². The summed E-state index contributed by atoms with van der Waals surface area (Å²) in [5, 5.41) is 6.41. The third kappa shape index (κ3) is 6.75. The molecule has 0 aliphatic carbocycles. The van der Waals surface area contributed by atoms with Gasteiger partial charge in [-0.2, -0.15) is 0 Å². The molecule has 1 amide bonds. The lowest BCUT2D eigenvalue weighted by atomic mass is 10.00. The van der Waals surface area contributed by atoms with E-state index in [0.29, 0.717) is 37.2 Å². The Morgan fingerprint density at radius 1 is 1.13 bits per heavy atom. The minimum atomic E-state index is 0. The third-order valence-corrected chi connectivity index (χ3v) is 4.93. The van der Waals surface area contributed by atoms with Crippen molar-refractivity contribution in [1.29, 1.82) is 0 Å². The van der Waals surface area contributed by atoms with Crippen LogP contribution in [0.15, 0.2) is 47.5 Å². The van der Waals surface area contributed by atoms with Crippen molar-refractivity contribution in [1.82, 2.24) is 10.2 Å². The van der Waals surface area contributed by atoms with E-state index in [-0.39, 0.29) is 36.4 Å². The first-order valence-corrected chi connectivity index (χ1v) is 10.3. The van der Waals surface area contributed by atoms with Gasteiger partial charge in [0.15, 0.2) is 17.5 Å². The monoisotopic (exact) mass is 538 g/mol. The summed E-state index contributed by atoms with van der Waals surface area (Å²) in [6.45, 7) is 6.63. The molecule has 3 rings (SSSR count). The topological polar surface area (TPSA) is 75.2 Å². The predicted molar refractivity (Wildman–Crippen MR) is 135 cm³/mol. The smallest absolute Gasteiger partial charge is 0.244 e. The van der Waals surface area contributed by atoms with Gasteiger partial charge in [0.25, 0.3) is 0 Å². The summed E-state index contributed by atoms with van der Waals surface area (Å²) in [6, 6.07) is 13.9. The molecule has 0 fully saturated rings. The van der Waals surface area contributed by atoms with Gasteiger partial charge in [0, 0.05) is 31.4 Å². The van der Waals surface area contributed by atoms with Crippen LogP contribution in [-0.2, 0) is 17.8 Å². The molecule has 0 unspecified atom stereocenters. The molecule has 0 bridgehead atoms. The molecule has 0 radical (unpaired) electrons. The zero-order valence-electron chi connectivity index (χ0n) is 18.3. The summed E-state index contributed by atoms with van der Waals surface area (Å²) in [6.07, 6.45) is 0.885. The second-order valence-corrected chi connectivity index (χ2v) is 6.95. The van der Waals surface area contributed by atoms with Gasteiger partial charge in [-0.15, -0.1) is 24.0 Å². The number of methoxy groups -OCH3 is 1. The van der Waals surface area contributed by atoms with E-state index >= 15 is 0 Å².